The highest BCUT2D eigenvalue weighted by molar-refractivity contribution is 4.75. The zero-order valence-corrected chi connectivity index (χ0v) is 10.6. The predicted octanol–water partition coefficient (Wildman–Crippen LogP) is 5.57. The van der Waals surface area contributed by atoms with Gasteiger partial charge in [0, 0.05) is 0 Å². The van der Waals surface area contributed by atoms with Crippen LogP contribution in [0.2, 0.25) is 0 Å². The Balaban J connectivity index is 2.98. The van der Waals surface area contributed by atoms with Gasteiger partial charge in [0.05, 0.1) is 0 Å². The van der Waals surface area contributed by atoms with Crippen molar-refractivity contribution in [1.29, 1.82) is 0 Å². The van der Waals surface area contributed by atoms with Crippen LogP contribution in [0.15, 0.2) is 36.8 Å². The quantitative estimate of drug-likeness (QED) is 0.314. The largest absolute Gasteiger partial charge is 0.133 e. The second kappa shape index (κ2) is 14.0. The van der Waals surface area contributed by atoms with Gasteiger partial charge in [-0.25, -0.2) is 0 Å². The fraction of sp³-hybridized carbons (Fsp3) is 0.625. The molecule has 0 aliphatic rings. The van der Waals surface area contributed by atoms with Gasteiger partial charge in [-0.2, -0.15) is 0 Å². The van der Waals surface area contributed by atoms with E-state index in [9.17, 15) is 0 Å². The smallest absolute Gasteiger partial charge is 0.0275 e. The van der Waals surface area contributed by atoms with Crippen molar-refractivity contribution in [2.24, 2.45) is 0 Å². The van der Waals surface area contributed by atoms with Gasteiger partial charge in [-0.1, -0.05) is 51.7 Å². The van der Waals surface area contributed by atoms with Crippen LogP contribution in [-0.2, 0) is 0 Å². The molecule has 0 heteroatoms. The highest BCUT2D eigenvalue weighted by Gasteiger charge is 1.91. The SMILES string of the molecule is C=C=CCCCCCCCCCCC=C=C. The average Bonchev–Trinajstić information content (AvgIpc) is 2.31. The van der Waals surface area contributed by atoms with Crippen molar-refractivity contribution in [1.82, 2.24) is 0 Å². The molecule has 0 fully saturated rings. The fourth-order valence-corrected chi connectivity index (χ4v) is 1.76. The second-order valence-corrected chi connectivity index (χ2v) is 4.22. The van der Waals surface area contributed by atoms with Gasteiger partial charge in [0.1, 0.15) is 0 Å². The fourth-order valence-electron chi connectivity index (χ4n) is 1.76. The molecular formula is C16H26. The van der Waals surface area contributed by atoms with E-state index in [2.05, 4.69) is 24.6 Å². The molecule has 0 radical (unpaired) electrons. The second-order valence-electron chi connectivity index (χ2n) is 4.22. The van der Waals surface area contributed by atoms with Crippen LogP contribution in [0.3, 0.4) is 0 Å². The summed E-state index contributed by atoms with van der Waals surface area (Å²) < 4.78 is 0. The summed E-state index contributed by atoms with van der Waals surface area (Å²) >= 11 is 0. The number of hydrogen-bond acceptors (Lipinski definition) is 0. The molecule has 0 aromatic rings. The van der Waals surface area contributed by atoms with Crippen LogP contribution in [0.25, 0.3) is 0 Å². The molecule has 0 aromatic heterocycles. The van der Waals surface area contributed by atoms with E-state index < -0.39 is 0 Å². The van der Waals surface area contributed by atoms with E-state index in [0.717, 1.165) is 12.8 Å². The summed E-state index contributed by atoms with van der Waals surface area (Å²) in [7, 11) is 0. The Labute approximate surface area is 101 Å². The Morgan fingerprint density at radius 1 is 0.562 bits per heavy atom. The van der Waals surface area contributed by atoms with Crippen molar-refractivity contribution in [3.63, 3.8) is 0 Å². The van der Waals surface area contributed by atoms with Gasteiger partial charge in [0.15, 0.2) is 0 Å². The van der Waals surface area contributed by atoms with Crippen molar-refractivity contribution in [3.8, 4) is 0 Å². The summed E-state index contributed by atoms with van der Waals surface area (Å²) in [5.74, 6) is 0. The van der Waals surface area contributed by atoms with Crippen LogP contribution in [0.5, 0.6) is 0 Å². The van der Waals surface area contributed by atoms with Crippen LogP contribution in [-0.4, -0.2) is 0 Å². The topological polar surface area (TPSA) is 0 Å². The number of unbranched alkanes of at least 4 members (excludes halogenated alkanes) is 9. The van der Waals surface area contributed by atoms with Gasteiger partial charge >= 0.3 is 0 Å². The number of rotatable bonds is 11. The molecule has 0 rings (SSSR count). The normalized spacial score (nSPS) is 9.25. The summed E-state index contributed by atoms with van der Waals surface area (Å²) in [6, 6.07) is 0. The Morgan fingerprint density at radius 2 is 0.875 bits per heavy atom. The van der Waals surface area contributed by atoms with Crippen LogP contribution >= 0.6 is 0 Å². The van der Waals surface area contributed by atoms with E-state index in [1.807, 2.05) is 12.2 Å². The lowest BCUT2D eigenvalue weighted by atomic mass is 10.1. The third kappa shape index (κ3) is 13.0. The van der Waals surface area contributed by atoms with Crippen molar-refractivity contribution >= 4 is 0 Å². The zero-order chi connectivity index (χ0) is 11.9. The molecule has 90 valence electrons. The van der Waals surface area contributed by atoms with E-state index in [1.54, 1.807) is 0 Å². The first-order valence-corrected chi connectivity index (χ1v) is 6.60. The molecule has 0 heterocycles. The lowest BCUT2D eigenvalue weighted by molar-refractivity contribution is 0.571. The Kier molecular flexibility index (Phi) is 13.2. The summed E-state index contributed by atoms with van der Waals surface area (Å²) in [5, 5.41) is 0. The molecule has 0 unspecified atom stereocenters. The Bertz CT molecular complexity index is 198. The van der Waals surface area contributed by atoms with Gasteiger partial charge in [0.25, 0.3) is 0 Å². The molecule has 0 spiro atoms. The van der Waals surface area contributed by atoms with Gasteiger partial charge in [-0.3, -0.25) is 0 Å². The van der Waals surface area contributed by atoms with E-state index in [4.69, 9.17) is 0 Å². The maximum Gasteiger partial charge on any atom is -0.0275 e. The summed E-state index contributed by atoms with van der Waals surface area (Å²) in [4.78, 5) is 0. The van der Waals surface area contributed by atoms with E-state index in [1.165, 1.54) is 51.4 Å². The average molecular weight is 218 g/mol. The summed E-state index contributed by atoms with van der Waals surface area (Å²) in [5.41, 5.74) is 5.63. The van der Waals surface area contributed by atoms with Crippen LogP contribution in [0.4, 0.5) is 0 Å². The standard InChI is InChI=1S/C16H26/c1-3-5-7-9-11-13-15-16-14-12-10-8-6-4-2/h5-6H,1-2,7-16H2. The van der Waals surface area contributed by atoms with Crippen LogP contribution in [0.1, 0.15) is 64.2 Å². The maximum atomic E-state index is 3.56. The zero-order valence-electron chi connectivity index (χ0n) is 10.6. The molecule has 0 N–H and O–H groups in total. The molecule has 0 aromatic carbocycles. The third-order valence-electron chi connectivity index (χ3n) is 2.74. The molecular weight excluding hydrogens is 192 g/mol. The first-order chi connectivity index (χ1) is 7.91. The monoisotopic (exact) mass is 218 g/mol. The highest BCUT2D eigenvalue weighted by Crippen LogP contribution is 2.10. The third-order valence-corrected chi connectivity index (χ3v) is 2.74. The summed E-state index contributed by atoms with van der Waals surface area (Å²) in [6.07, 6.45) is 17.3. The van der Waals surface area contributed by atoms with Gasteiger partial charge in [0.2, 0.25) is 0 Å². The minimum Gasteiger partial charge on any atom is -0.133 e. The van der Waals surface area contributed by atoms with E-state index >= 15 is 0 Å². The molecule has 0 bridgehead atoms. The van der Waals surface area contributed by atoms with Crippen molar-refractivity contribution in [3.05, 3.63) is 36.8 Å². The van der Waals surface area contributed by atoms with Crippen LogP contribution in [0, 0.1) is 0 Å². The van der Waals surface area contributed by atoms with Gasteiger partial charge in [-0.05, 0) is 37.8 Å². The first kappa shape index (κ1) is 15.0. The molecule has 0 aliphatic heterocycles. The first-order valence-electron chi connectivity index (χ1n) is 6.60. The number of allylic oxidation sites excluding steroid dienone is 2. The molecule has 16 heavy (non-hydrogen) atoms. The number of hydrogen-bond donors (Lipinski definition) is 0. The van der Waals surface area contributed by atoms with Crippen molar-refractivity contribution in [2.45, 2.75) is 64.2 Å². The Hall–Kier alpha value is -0.960. The maximum absolute atomic E-state index is 3.56. The molecule has 0 atom stereocenters. The molecule has 0 aliphatic carbocycles. The highest BCUT2D eigenvalue weighted by atomic mass is 14.0. The molecule has 0 saturated carbocycles. The Morgan fingerprint density at radius 3 is 1.19 bits per heavy atom. The molecule has 0 saturated heterocycles. The van der Waals surface area contributed by atoms with Crippen molar-refractivity contribution in [2.75, 3.05) is 0 Å². The minimum atomic E-state index is 1.15. The molecule has 0 amide bonds. The lowest BCUT2D eigenvalue weighted by Crippen LogP contribution is -1.80. The lowest BCUT2D eigenvalue weighted by Gasteiger charge is -2.00. The minimum absolute atomic E-state index is 1.15. The van der Waals surface area contributed by atoms with E-state index in [-0.39, 0.29) is 0 Å². The van der Waals surface area contributed by atoms with Gasteiger partial charge < -0.3 is 0 Å². The van der Waals surface area contributed by atoms with E-state index in [0.29, 0.717) is 0 Å². The summed E-state index contributed by atoms with van der Waals surface area (Å²) in [6.45, 7) is 7.12. The molecule has 0 nitrogen and oxygen atoms in total. The predicted molar refractivity (Wildman–Crippen MR) is 73.6 cm³/mol. The van der Waals surface area contributed by atoms with Gasteiger partial charge in [-0.15, -0.1) is 11.5 Å². The van der Waals surface area contributed by atoms with Crippen molar-refractivity contribution < 1.29 is 0 Å². The van der Waals surface area contributed by atoms with Crippen LogP contribution < -0.4 is 0 Å².